The molecule has 0 saturated heterocycles. The molecule has 0 aromatic heterocycles. The van der Waals surface area contributed by atoms with Crippen molar-refractivity contribution in [1.29, 1.82) is 0 Å². The molecule has 0 aliphatic heterocycles. The second-order valence-electron chi connectivity index (χ2n) is 6.04. The Hall–Kier alpha value is -1.89. The van der Waals surface area contributed by atoms with Gasteiger partial charge >= 0.3 is 0 Å². The molecule has 0 heterocycles. The molecular weight excluding hydrogens is 360 g/mol. The summed E-state index contributed by atoms with van der Waals surface area (Å²) in [6.45, 7) is 3.75. The second kappa shape index (κ2) is 8.47. The van der Waals surface area contributed by atoms with E-state index in [1.165, 1.54) is 6.26 Å². The van der Waals surface area contributed by atoms with Gasteiger partial charge in [0, 0.05) is 11.9 Å². The smallest absolute Gasteiger partial charge is 0.245 e. The van der Waals surface area contributed by atoms with Crippen molar-refractivity contribution in [1.82, 2.24) is 0 Å². The summed E-state index contributed by atoms with van der Waals surface area (Å²) < 4.78 is 23.0. The number of anilines is 1. The molecule has 2 rings (SSSR count). The maximum Gasteiger partial charge on any atom is 0.245 e. The lowest BCUT2D eigenvalue weighted by molar-refractivity contribution is -0.117. The van der Waals surface area contributed by atoms with E-state index in [-0.39, 0.29) is 24.1 Å². The summed E-state index contributed by atoms with van der Waals surface area (Å²) in [5.41, 5.74) is 9.80. The summed E-state index contributed by atoms with van der Waals surface area (Å²) in [6.07, 6.45) is 1.19. The van der Waals surface area contributed by atoms with Gasteiger partial charge in [0.15, 0.2) is 9.84 Å². The zero-order valence-electron chi connectivity index (χ0n) is 14.4. The summed E-state index contributed by atoms with van der Waals surface area (Å²) in [7, 11) is -3.15. The van der Waals surface area contributed by atoms with Gasteiger partial charge in [-0.1, -0.05) is 42.0 Å². The van der Waals surface area contributed by atoms with Crippen LogP contribution in [0.25, 0.3) is 0 Å². The van der Waals surface area contributed by atoms with Gasteiger partial charge in [-0.25, -0.2) is 8.42 Å². The van der Waals surface area contributed by atoms with E-state index in [2.05, 4.69) is 5.32 Å². The first-order valence-electron chi connectivity index (χ1n) is 7.56. The number of sulfone groups is 1. The number of aryl methyl sites for hydroxylation is 1. The SMILES string of the molecule is Cc1ccc(C(N)C(=O)Nc2cccc(CS(C)(=O)=O)c2C)cc1.Cl. The Bertz CT molecular complexity index is 849. The fraction of sp³-hybridized carbons (Fsp3) is 0.278. The minimum Gasteiger partial charge on any atom is -0.324 e. The molecule has 3 N–H and O–H groups in total. The average molecular weight is 383 g/mol. The quantitative estimate of drug-likeness (QED) is 0.831. The van der Waals surface area contributed by atoms with Crippen LogP contribution in [0.1, 0.15) is 28.3 Å². The highest BCUT2D eigenvalue weighted by Crippen LogP contribution is 2.22. The number of carbonyl (C=O) groups is 1. The third kappa shape index (κ3) is 5.85. The minimum atomic E-state index is -3.15. The molecule has 2 aromatic carbocycles. The Morgan fingerprint density at radius 1 is 1.12 bits per heavy atom. The third-order valence-electron chi connectivity index (χ3n) is 3.84. The van der Waals surface area contributed by atoms with Crippen molar-refractivity contribution in [2.45, 2.75) is 25.6 Å². The molecule has 5 nitrogen and oxygen atoms in total. The highest BCUT2D eigenvalue weighted by Gasteiger charge is 2.17. The molecule has 136 valence electrons. The molecular formula is C18H23ClN2O3S. The number of rotatable bonds is 5. The molecule has 0 spiro atoms. The van der Waals surface area contributed by atoms with E-state index in [0.29, 0.717) is 11.3 Å². The number of nitrogens with two attached hydrogens (primary N) is 1. The summed E-state index contributed by atoms with van der Waals surface area (Å²) >= 11 is 0. The molecule has 1 unspecified atom stereocenters. The van der Waals surface area contributed by atoms with E-state index in [1.807, 2.05) is 31.2 Å². The zero-order valence-corrected chi connectivity index (χ0v) is 16.1. The molecule has 0 radical (unpaired) electrons. The highest BCUT2D eigenvalue weighted by atomic mass is 35.5. The number of hydrogen-bond donors (Lipinski definition) is 2. The molecule has 2 aromatic rings. The van der Waals surface area contributed by atoms with E-state index in [9.17, 15) is 13.2 Å². The van der Waals surface area contributed by atoms with E-state index in [1.54, 1.807) is 25.1 Å². The molecule has 0 aliphatic rings. The van der Waals surface area contributed by atoms with Gasteiger partial charge in [-0.15, -0.1) is 12.4 Å². The van der Waals surface area contributed by atoms with Crippen molar-refractivity contribution in [2.75, 3.05) is 11.6 Å². The van der Waals surface area contributed by atoms with E-state index >= 15 is 0 Å². The van der Waals surface area contributed by atoms with Gasteiger partial charge in [0.05, 0.1) is 5.75 Å². The van der Waals surface area contributed by atoms with Gasteiger partial charge in [0.2, 0.25) is 5.91 Å². The Morgan fingerprint density at radius 2 is 1.72 bits per heavy atom. The topological polar surface area (TPSA) is 89.3 Å². The van der Waals surface area contributed by atoms with Crippen LogP contribution in [-0.4, -0.2) is 20.6 Å². The third-order valence-corrected chi connectivity index (χ3v) is 4.68. The number of hydrogen-bond acceptors (Lipinski definition) is 4. The van der Waals surface area contributed by atoms with Crippen LogP contribution in [0.5, 0.6) is 0 Å². The monoisotopic (exact) mass is 382 g/mol. The lowest BCUT2D eigenvalue weighted by atomic mass is 10.0. The van der Waals surface area contributed by atoms with Gasteiger partial charge in [-0.05, 0) is 36.6 Å². The second-order valence-corrected chi connectivity index (χ2v) is 8.18. The van der Waals surface area contributed by atoms with Gasteiger partial charge in [-0.3, -0.25) is 4.79 Å². The number of carbonyl (C=O) groups excluding carboxylic acids is 1. The molecule has 25 heavy (non-hydrogen) atoms. The van der Waals surface area contributed by atoms with Crippen LogP contribution in [0.2, 0.25) is 0 Å². The number of halogens is 1. The molecule has 7 heteroatoms. The van der Waals surface area contributed by atoms with Crippen LogP contribution < -0.4 is 11.1 Å². The Labute approximate surface area is 155 Å². The van der Waals surface area contributed by atoms with E-state index in [0.717, 1.165) is 16.7 Å². The van der Waals surface area contributed by atoms with Crippen molar-refractivity contribution < 1.29 is 13.2 Å². The Balaban J connectivity index is 0.00000312. The van der Waals surface area contributed by atoms with Gasteiger partial charge in [0.1, 0.15) is 6.04 Å². The van der Waals surface area contributed by atoms with Crippen molar-refractivity contribution in [2.24, 2.45) is 5.73 Å². The highest BCUT2D eigenvalue weighted by molar-refractivity contribution is 7.89. The van der Waals surface area contributed by atoms with Crippen molar-refractivity contribution >= 4 is 33.8 Å². The summed E-state index contributed by atoms with van der Waals surface area (Å²) in [5.74, 6) is -0.398. The standard InChI is InChI=1S/C18H22N2O3S.ClH/c1-12-7-9-14(10-8-12)17(19)18(21)20-16-6-4-5-15(13(16)2)11-24(3,22)23;/h4-10,17H,11,19H2,1-3H3,(H,20,21);1H. The Kier molecular flexibility index (Phi) is 7.17. The van der Waals surface area contributed by atoms with Gasteiger partial charge < -0.3 is 11.1 Å². The Morgan fingerprint density at radius 3 is 2.28 bits per heavy atom. The van der Waals surface area contributed by atoms with Crippen LogP contribution >= 0.6 is 12.4 Å². The van der Waals surface area contributed by atoms with Crippen LogP contribution in [-0.2, 0) is 20.4 Å². The predicted octanol–water partition coefficient (Wildman–Crippen LogP) is 2.91. The predicted molar refractivity (Wildman–Crippen MR) is 104 cm³/mol. The van der Waals surface area contributed by atoms with Crippen LogP contribution in [0.3, 0.4) is 0 Å². The van der Waals surface area contributed by atoms with Crippen LogP contribution in [0, 0.1) is 13.8 Å². The van der Waals surface area contributed by atoms with Crippen molar-refractivity contribution in [3.63, 3.8) is 0 Å². The van der Waals surface area contributed by atoms with Gasteiger partial charge in [0.25, 0.3) is 0 Å². The zero-order chi connectivity index (χ0) is 17.9. The fourth-order valence-corrected chi connectivity index (χ4v) is 3.27. The van der Waals surface area contributed by atoms with Crippen LogP contribution in [0.4, 0.5) is 5.69 Å². The van der Waals surface area contributed by atoms with Crippen LogP contribution in [0.15, 0.2) is 42.5 Å². The first-order chi connectivity index (χ1) is 11.2. The summed E-state index contributed by atoms with van der Waals surface area (Å²) in [5, 5.41) is 2.79. The molecule has 0 aliphatic carbocycles. The van der Waals surface area contributed by atoms with Gasteiger partial charge in [-0.2, -0.15) is 0 Å². The first-order valence-corrected chi connectivity index (χ1v) is 9.62. The summed E-state index contributed by atoms with van der Waals surface area (Å²) in [6, 6.07) is 11.9. The lowest BCUT2D eigenvalue weighted by Gasteiger charge is -2.16. The maximum atomic E-state index is 12.4. The first kappa shape index (κ1) is 21.2. The van der Waals surface area contributed by atoms with Crippen molar-refractivity contribution in [3.8, 4) is 0 Å². The number of nitrogens with one attached hydrogen (secondary N) is 1. The summed E-state index contributed by atoms with van der Waals surface area (Å²) in [4.78, 5) is 12.4. The normalized spacial score (nSPS) is 12.2. The van der Waals surface area contributed by atoms with Crippen molar-refractivity contribution in [3.05, 3.63) is 64.7 Å². The maximum absolute atomic E-state index is 12.4. The van der Waals surface area contributed by atoms with E-state index < -0.39 is 15.9 Å². The van der Waals surface area contributed by atoms with E-state index in [4.69, 9.17) is 5.73 Å². The lowest BCUT2D eigenvalue weighted by Crippen LogP contribution is -2.28. The largest absolute Gasteiger partial charge is 0.324 e. The molecule has 1 atom stereocenters. The minimum absolute atomic E-state index is 0. The fourth-order valence-electron chi connectivity index (χ4n) is 2.39. The number of amides is 1. The molecule has 0 fully saturated rings. The molecule has 0 saturated carbocycles. The molecule has 0 bridgehead atoms. The average Bonchev–Trinajstić information content (AvgIpc) is 2.50. The molecule has 1 amide bonds. The number of benzene rings is 2.